The van der Waals surface area contributed by atoms with E-state index in [1.54, 1.807) is 13.4 Å². The van der Waals surface area contributed by atoms with Crippen LogP contribution in [0.3, 0.4) is 0 Å². The van der Waals surface area contributed by atoms with E-state index in [2.05, 4.69) is 27.2 Å². The molecule has 1 N–H and O–H groups in total. The summed E-state index contributed by atoms with van der Waals surface area (Å²) in [4.78, 5) is 17.2. The van der Waals surface area contributed by atoms with Crippen LogP contribution in [-0.2, 0) is 0 Å². The second-order valence-corrected chi connectivity index (χ2v) is 7.47. The molecule has 1 amide bonds. The molecule has 0 aliphatic carbocycles. The molecule has 1 saturated heterocycles. The lowest BCUT2D eigenvalue weighted by Gasteiger charge is -2.39. The molecule has 3 aromatic rings. The van der Waals surface area contributed by atoms with Gasteiger partial charge in [-0.15, -0.1) is 0 Å². The van der Waals surface area contributed by atoms with Crippen LogP contribution < -0.4 is 15.0 Å². The number of carbonyl (C=O) groups excluding carboxylic acids is 1. The summed E-state index contributed by atoms with van der Waals surface area (Å²) >= 11 is 0. The summed E-state index contributed by atoms with van der Waals surface area (Å²) in [7, 11) is 1.66. The topological polar surface area (TPSA) is 58.0 Å². The van der Waals surface area contributed by atoms with Gasteiger partial charge in [-0.3, -0.25) is 9.69 Å². The quantitative estimate of drug-likeness (QED) is 0.628. The van der Waals surface area contributed by atoms with Crippen molar-refractivity contribution in [1.29, 1.82) is 0 Å². The van der Waals surface area contributed by atoms with E-state index >= 15 is 0 Å². The largest absolute Gasteiger partial charge is 0.497 e. The van der Waals surface area contributed by atoms with E-state index in [0.717, 1.165) is 37.7 Å². The minimum Gasteiger partial charge on any atom is -0.497 e. The number of amides is 1. The molecule has 0 spiro atoms. The molecule has 1 aliphatic rings. The first-order valence-corrected chi connectivity index (χ1v) is 10.3. The molecule has 0 unspecified atom stereocenters. The maximum Gasteiger partial charge on any atom is 0.251 e. The number of nitrogens with zero attached hydrogens (tertiary/aromatic N) is 2. The minimum atomic E-state index is -0.361. The molecule has 162 valence electrons. The minimum absolute atomic E-state index is 0.0718. The Balaban J connectivity index is 1.39. The maximum atomic E-state index is 13.1. The van der Waals surface area contributed by atoms with Crippen LogP contribution in [0.4, 0.5) is 10.1 Å². The Bertz CT molecular complexity index is 966. The summed E-state index contributed by atoms with van der Waals surface area (Å²) < 4.78 is 24.0. The Morgan fingerprint density at radius 2 is 1.77 bits per heavy atom. The Hall–Kier alpha value is -3.32. The van der Waals surface area contributed by atoms with Crippen LogP contribution in [0.5, 0.6) is 5.75 Å². The molecule has 2 heterocycles. The molecule has 0 saturated carbocycles. The van der Waals surface area contributed by atoms with Crippen LogP contribution in [0.15, 0.2) is 71.3 Å². The van der Waals surface area contributed by atoms with E-state index in [1.165, 1.54) is 30.0 Å². The number of nitrogens with one attached hydrogen (secondary N) is 1. The lowest BCUT2D eigenvalue weighted by atomic mass is 10.1. The zero-order valence-corrected chi connectivity index (χ0v) is 17.5. The standard InChI is InChI=1S/C24H26FN3O3/c1-30-21-10-8-20(9-11-21)27-12-14-28(15-13-27)22(23-3-2-16-31-23)17-26-24(29)18-4-6-19(25)7-5-18/h2-11,16,22H,12-15,17H2,1H3,(H,26,29)/t22-/m0/s1. The van der Waals surface area contributed by atoms with Crippen molar-refractivity contribution in [3.63, 3.8) is 0 Å². The summed E-state index contributed by atoms with van der Waals surface area (Å²) in [5.74, 6) is 1.07. The zero-order valence-electron chi connectivity index (χ0n) is 17.5. The Morgan fingerprint density at radius 1 is 1.06 bits per heavy atom. The first kappa shape index (κ1) is 20.9. The Kier molecular flexibility index (Phi) is 6.52. The Morgan fingerprint density at radius 3 is 2.39 bits per heavy atom. The van der Waals surface area contributed by atoms with Gasteiger partial charge < -0.3 is 19.4 Å². The van der Waals surface area contributed by atoms with Crippen molar-refractivity contribution in [3.05, 3.63) is 84.1 Å². The second kappa shape index (κ2) is 9.66. The molecule has 1 aliphatic heterocycles. The predicted molar refractivity (Wildman–Crippen MR) is 117 cm³/mol. The predicted octanol–water partition coefficient (Wildman–Crippen LogP) is 3.72. The molecule has 1 fully saturated rings. The third kappa shape index (κ3) is 5.06. The SMILES string of the molecule is COc1ccc(N2CCN([C@@H](CNC(=O)c3ccc(F)cc3)c3ccco3)CC2)cc1. The van der Waals surface area contributed by atoms with Gasteiger partial charge in [-0.25, -0.2) is 4.39 Å². The second-order valence-electron chi connectivity index (χ2n) is 7.47. The lowest BCUT2D eigenvalue weighted by molar-refractivity contribution is 0.0923. The highest BCUT2D eigenvalue weighted by atomic mass is 19.1. The van der Waals surface area contributed by atoms with Crippen molar-refractivity contribution in [1.82, 2.24) is 10.2 Å². The number of ether oxygens (including phenoxy) is 1. The van der Waals surface area contributed by atoms with Crippen molar-refractivity contribution in [2.75, 3.05) is 44.7 Å². The van der Waals surface area contributed by atoms with E-state index in [9.17, 15) is 9.18 Å². The van der Waals surface area contributed by atoms with Gasteiger partial charge in [0, 0.05) is 44.0 Å². The fraction of sp³-hybridized carbons (Fsp3) is 0.292. The van der Waals surface area contributed by atoms with Crippen LogP contribution in [0.25, 0.3) is 0 Å². The van der Waals surface area contributed by atoms with Gasteiger partial charge in [0.1, 0.15) is 17.3 Å². The fourth-order valence-electron chi connectivity index (χ4n) is 3.87. The fourth-order valence-corrected chi connectivity index (χ4v) is 3.87. The monoisotopic (exact) mass is 423 g/mol. The number of hydrogen-bond donors (Lipinski definition) is 1. The zero-order chi connectivity index (χ0) is 21.6. The average Bonchev–Trinajstić information content (AvgIpc) is 3.35. The summed E-state index contributed by atoms with van der Waals surface area (Å²) in [6.45, 7) is 3.82. The summed E-state index contributed by atoms with van der Waals surface area (Å²) in [5.41, 5.74) is 1.60. The summed E-state index contributed by atoms with van der Waals surface area (Å²) in [6.07, 6.45) is 1.65. The number of furan rings is 1. The van der Waals surface area contributed by atoms with Gasteiger partial charge in [0.05, 0.1) is 19.4 Å². The number of hydrogen-bond acceptors (Lipinski definition) is 5. The molecular weight excluding hydrogens is 397 g/mol. The molecular formula is C24H26FN3O3. The molecule has 1 atom stereocenters. The van der Waals surface area contributed by atoms with Crippen molar-refractivity contribution in [2.45, 2.75) is 6.04 Å². The number of anilines is 1. The van der Waals surface area contributed by atoms with E-state index < -0.39 is 0 Å². The van der Waals surface area contributed by atoms with Crippen LogP contribution in [0, 0.1) is 5.82 Å². The highest BCUT2D eigenvalue weighted by Crippen LogP contribution is 2.25. The van der Waals surface area contributed by atoms with Crippen molar-refractivity contribution >= 4 is 11.6 Å². The highest BCUT2D eigenvalue weighted by Gasteiger charge is 2.27. The number of carbonyl (C=O) groups is 1. The van der Waals surface area contributed by atoms with Gasteiger partial charge in [-0.1, -0.05) is 0 Å². The molecule has 2 aromatic carbocycles. The third-order valence-electron chi connectivity index (χ3n) is 5.63. The van der Waals surface area contributed by atoms with Gasteiger partial charge >= 0.3 is 0 Å². The summed E-state index contributed by atoms with van der Waals surface area (Å²) in [5, 5.41) is 2.97. The molecule has 6 nitrogen and oxygen atoms in total. The molecule has 7 heteroatoms. The van der Waals surface area contributed by atoms with E-state index in [1.807, 2.05) is 24.3 Å². The molecule has 1 aromatic heterocycles. The highest BCUT2D eigenvalue weighted by molar-refractivity contribution is 5.94. The van der Waals surface area contributed by atoms with Gasteiger partial charge in [0.15, 0.2) is 0 Å². The molecule has 31 heavy (non-hydrogen) atoms. The Labute approximate surface area is 181 Å². The number of methoxy groups -OCH3 is 1. The van der Waals surface area contributed by atoms with Crippen molar-refractivity contribution < 1.29 is 18.3 Å². The van der Waals surface area contributed by atoms with Gasteiger partial charge in [-0.05, 0) is 60.7 Å². The van der Waals surface area contributed by atoms with Crippen LogP contribution in [-0.4, -0.2) is 50.6 Å². The average molecular weight is 423 g/mol. The van der Waals surface area contributed by atoms with Crippen LogP contribution >= 0.6 is 0 Å². The number of rotatable bonds is 7. The van der Waals surface area contributed by atoms with Gasteiger partial charge in [0.2, 0.25) is 0 Å². The summed E-state index contributed by atoms with van der Waals surface area (Å²) in [6, 6.07) is 17.4. The number of halogens is 1. The normalized spacial score (nSPS) is 15.5. The van der Waals surface area contributed by atoms with E-state index in [-0.39, 0.29) is 17.8 Å². The smallest absolute Gasteiger partial charge is 0.251 e. The first-order valence-electron chi connectivity index (χ1n) is 10.3. The van der Waals surface area contributed by atoms with Crippen molar-refractivity contribution in [2.24, 2.45) is 0 Å². The van der Waals surface area contributed by atoms with Crippen molar-refractivity contribution in [3.8, 4) is 5.75 Å². The molecule has 0 radical (unpaired) electrons. The number of benzene rings is 2. The van der Waals surface area contributed by atoms with Crippen LogP contribution in [0.1, 0.15) is 22.2 Å². The van der Waals surface area contributed by atoms with Gasteiger partial charge in [0.25, 0.3) is 5.91 Å². The number of piperazine rings is 1. The van der Waals surface area contributed by atoms with Gasteiger partial charge in [-0.2, -0.15) is 0 Å². The third-order valence-corrected chi connectivity index (χ3v) is 5.63. The van der Waals surface area contributed by atoms with Crippen LogP contribution in [0.2, 0.25) is 0 Å². The maximum absolute atomic E-state index is 13.1. The first-order chi connectivity index (χ1) is 15.1. The lowest BCUT2D eigenvalue weighted by Crippen LogP contribution is -2.49. The molecule has 0 bridgehead atoms. The van der Waals surface area contributed by atoms with E-state index in [4.69, 9.17) is 9.15 Å². The molecule has 4 rings (SSSR count). The van der Waals surface area contributed by atoms with E-state index in [0.29, 0.717) is 12.1 Å².